The molecule has 0 aliphatic carbocycles. The first-order valence-electron chi connectivity index (χ1n) is 8.43. The molecule has 0 radical (unpaired) electrons. The van der Waals surface area contributed by atoms with Crippen molar-refractivity contribution in [3.8, 4) is 17.0 Å². The Morgan fingerprint density at radius 2 is 2.15 bits per heavy atom. The number of nitrogens with zero attached hydrogens (tertiary/aromatic N) is 5. The van der Waals surface area contributed by atoms with Gasteiger partial charge in [0, 0.05) is 35.8 Å². The highest BCUT2D eigenvalue weighted by Crippen LogP contribution is 2.25. The Balaban J connectivity index is 1.77. The monoisotopic (exact) mass is 359 g/mol. The zero-order valence-electron chi connectivity index (χ0n) is 15.0. The number of Topliss-reactive ketones (excluding diaryl/α,β-unsaturated/α-hetero) is 1. The van der Waals surface area contributed by atoms with Gasteiger partial charge in [0.15, 0.2) is 11.4 Å². The van der Waals surface area contributed by atoms with E-state index in [-0.39, 0.29) is 12.2 Å². The van der Waals surface area contributed by atoms with Crippen molar-refractivity contribution in [2.24, 2.45) is 0 Å². The van der Waals surface area contributed by atoms with Crippen LogP contribution in [-0.2, 0) is 6.42 Å². The normalized spacial score (nSPS) is 10.9. The molecule has 7 nitrogen and oxygen atoms in total. The number of pyridine rings is 3. The van der Waals surface area contributed by atoms with Crippen LogP contribution in [0.15, 0.2) is 55.2 Å². The van der Waals surface area contributed by atoms with Crippen LogP contribution in [0.1, 0.15) is 21.6 Å². The topological polar surface area (TPSA) is 82.3 Å². The third-order valence-corrected chi connectivity index (χ3v) is 4.37. The Labute approximate surface area is 155 Å². The summed E-state index contributed by atoms with van der Waals surface area (Å²) < 4.78 is 6.89. The number of carbonyl (C=O) groups excluding carboxylic acids is 1. The molecule has 0 saturated heterocycles. The van der Waals surface area contributed by atoms with E-state index in [0.717, 1.165) is 16.7 Å². The number of aryl methyl sites for hydroxylation is 1. The number of ether oxygens (including phenoxy) is 1. The van der Waals surface area contributed by atoms with E-state index < -0.39 is 0 Å². The fraction of sp³-hybridized carbons (Fsp3) is 0.150. The van der Waals surface area contributed by atoms with Crippen LogP contribution < -0.4 is 4.74 Å². The Kier molecular flexibility index (Phi) is 4.33. The van der Waals surface area contributed by atoms with Gasteiger partial charge < -0.3 is 4.74 Å². The number of rotatable bonds is 5. The molecule has 4 rings (SSSR count). The van der Waals surface area contributed by atoms with Gasteiger partial charge in [-0.2, -0.15) is 0 Å². The summed E-state index contributed by atoms with van der Waals surface area (Å²) in [6.45, 7) is 2.01. The van der Waals surface area contributed by atoms with Crippen LogP contribution in [0, 0.1) is 6.92 Å². The van der Waals surface area contributed by atoms with Crippen molar-refractivity contribution in [3.63, 3.8) is 0 Å². The molecule has 4 aromatic heterocycles. The van der Waals surface area contributed by atoms with Crippen molar-refractivity contribution >= 4 is 11.4 Å². The van der Waals surface area contributed by atoms with Gasteiger partial charge in [0.2, 0.25) is 5.88 Å². The molecule has 7 heteroatoms. The molecule has 0 aromatic carbocycles. The van der Waals surface area contributed by atoms with Crippen LogP contribution in [0.4, 0.5) is 0 Å². The highest BCUT2D eigenvalue weighted by Gasteiger charge is 2.17. The van der Waals surface area contributed by atoms with Gasteiger partial charge in [0.1, 0.15) is 6.33 Å². The first kappa shape index (κ1) is 16.8. The van der Waals surface area contributed by atoms with E-state index in [0.29, 0.717) is 22.8 Å². The molecule has 0 aliphatic heterocycles. The summed E-state index contributed by atoms with van der Waals surface area (Å²) in [4.78, 5) is 21.5. The highest BCUT2D eigenvalue weighted by atomic mass is 16.5. The molecule has 0 bridgehead atoms. The molecule has 0 fully saturated rings. The van der Waals surface area contributed by atoms with Gasteiger partial charge in [-0.1, -0.05) is 6.07 Å². The summed E-state index contributed by atoms with van der Waals surface area (Å²) in [6, 6.07) is 9.15. The molecule has 4 heterocycles. The van der Waals surface area contributed by atoms with E-state index in [1.54, 1.807) is 42.4 Å². The fourth-order valence-electron chi connectivity index (χ4n) is 2.99. The van der Waals surface area contributed by atoms with E-state index in [2.05, 4.69) is 20.2 Å². The van der Waals surface area contributed by atoms with Crippen molar-refractivity contribution in [1.29, 1.82) is 0 Å². The fourth-order valence-corrected chi connectivity index (χ4v) is 2.99. The molecule has 0 saturated carbocycles. The maximum Gasteiger partial charge on any atom is 0.213 e. The van der Waals surface area contributed by atoms with Gasteiger partial charge in [0.25, 0.3) is 0 Å². The number of aromatic nitrogens is 5. The molecule has 4 aromatic rings. The lowest BCUT2D eigenvalue weighted by molar-refractivity contribution is 0.0993. The van der Waals surface area contributed by atoms with Gasteiger partial charge in [-0.25, -0.2) is 4.98 Å². The van der Waals surface area contributed by atoms with E-state index in [1.165, 1.54) is 0 Å². The first-order valence-corrected chi connectivity index (χ1v) is 8.43. The second kappa shape index (κ2) is 6.95. The summed E-state index contributed by atoms with van der Waals surface area (Å²) >= 11 is 0. The largest absolute Gasteiger partial charge is 0.481 e. The maximum atomic E-state index is 13.0. The standard InChI is InChI=1S/C20H17N5O2/c1-13-6-7-21-10-17(13)14-8-16(20-24-22-12-25(20)11-14)18(26)9-15-4-3-5-19(23-15)27-2/h3-8,10-12H,9H2,1-2H3. The summed E-state index contributed by atoms with van der Waals surface area (Å²) in [6.07, 6.45) is 7.18. The lowest BCUT2D eigenvalue weighted by atomic mass is 10.00. The third kappa shape index (κ3) is 3.27. The number of methoxy groups -OCH3 is 1. The zero-order valence-corrected chi connectivity index (χ0v) is 15.0. The molecule has 0 spiro atoms. The summed E-state index contributed by atoms with van der Waals surface area (Å²) in [5.74, 6) is 0.393. The lowest BCUT2D eigenvalue weighted by Gasteiger charge is -2.09. The van der Waals surface area contributed by atoms with Gasteiger partial charge >= 0.3 is 0 Å². The van der Waals surface area contributed by atoms with Crippen LogP contribution in [-0.4, -0.2) is 37.5 Å². The van der Waals surface area contributed by atoms with E-state index in [1.807, 2.05) is 31.3 Å². The van der Waals surface area contributed by atoms with Crippen LogP contribution in [0.25, 0.3) is 16.8 Å². The van der Waals surface area contributed by atoms with E-state index in [9.17, 15) is 4.79 Å². The van der Waals surface area contributed by atoms with Crippen molar-refractivity contribution in [2.45, 2.75) is 13.3 Å². The number of hydrogen-bond acceptors (Lipinski definition) is 6. The zero-order chi connectivity index (χ0) is 18.8. The van der Waals surface area contributed by atoms with Crippen LogP contribution in [0.5, 0.6) is 5.88 Å². The molecule has 0 unspecified atom stereocenters. The van der Waals surface area contributed by atoms with Crippen LogP contribution >= 0.6 is 0 Å². The minimum absolute atomic E-state index is 0.0860. The van der Waals surface area contributed by atoms with E-state index in [4.69, 9.17) is 4.74 Å². The van der Waals surface area contributed by atoms with Crippen molar-refractivity contribution in [2.75, 3.05) is 7.11 Å². The van der Waals surface area contributed by atoms with Crippen LogP contribution in [0.2, 0.25) is 0 Å². The molecular weight excluding hydrogens is 342 g/mol. The molecule has 0 atom stereocenters. The summed E-state index contributed by atoms with van der Waals surface area (Å²) in [7, 11) is 1.55. The van der Waals surface area contributed by atoms with Gasteiger partial charge in [0.05, 0.1) is 24.8 Å². The SMILES string of the molecule is COc1cccc(CC(=O)c2cc(-c3cnccc3C)cn3cnnc23)n1. The maximum absolute atomic E-state index is 13.0. The predicted molar refractivity (Wildman–Crippen MR) is 99.8 cm³/mol. The third-order valence-electron chi connectivity index (χ3n) is 4.37. The second-order valence-electron chi connectivity index (χ2n) is 6.17. The lowest BCUT2D eigenvalue weighted by Crippen LogP contribution is -2.08. The predicted octanol–water partition coefficient (Wildman–Crippen LogP) is 2.93. The van der Waals surface area contributed by atoms with Gasteiger partial charge in [-0.15, -0.1) is 10.2 Å². The summed E-state index contributed by atoms with van der Waals surface area (Å²) in [5, 5.41) is 8.05. The average molecular weight is 359 g/mol. The second-order valence-corrected chi connectivity index (χ2v) is 6.17. The molecule has 0 N–H and O–H groups in total. The molecule has 27 heavy (non-hydrogen) atoms. The van der Waals surface area contributed by atoms with Gasteiger partial charge in [-0.3, -0.25) is 14.2 Å². The Morgan fingerprint density at radius 3 is 2.96 bits per heavy atom. The summed E-state index contributed by atoms with van der Waals surface area (Å²) in [5.41, 5.74) is 4.58. The Morgan fingerprint density at radius 1 is 1.26 bits per heavy atom. The van der Waals surface area contributed by atoms with Crippen LogP contribution in [0.3, 0.4) is 0 Å². The minimum Gasteiger partial charge on any atom is -0.481 e. The number of hydrogen-bond donors (Lipinski definition) is 0. The van der Waals surface area contributed by atoms with E-state index >= 15 is 0 Å². The van der Waals surface area contributed by atoms with Crippen molar-refractivity contribution in [1.82, 2.24) is 24.6 Å². The molecule has 0 aliphatic rings. The Hall–Kier alpha value is -3.61. The highest BCUT2D eigenvalue weighted by molar-refractivity contribution is 6.03. The molecular formula is C20H17N5O2. The number of ketones is 1. The quantitative estimate of drug-likeness (QED) is 0.510. The van der Waals surface area contributed by atoms with Crippen molar-refractivity contribution < 1.29 is 9.53 Å². The Bertz CT molecular complexity index is 1140. The number of carbonyl (C=O) groups is 1. The van der Waals surface area contributed by atoms with Gasteiger partial charge in [-0.05, 0) is 30.7 Å². The molecule has 0 amide bonds. The minimum atomic E-state index is -0.0860. The van der Waals surface area contributed by atoms with Crippen molar-refractivity contribution in [3.05, 3.63) is 72.1 Å². The smallest absolute Gasteiger partial charge is 0.213 e. The molecule has 134 valence electrons. The number of fused-ring (bicyclic) bond motifs is 1. The first-order chi connectivity index (χ1) is 13.2. The average Bonchev–Trinajstić information content (AvgIpc) is 3.16.